The van der Waals surface area contributed by atoms with Gasteiger partial charge in [0.15, 0.2) is 29.1 Å². The lowest BCUT2D eigenvalue weighted by molar-refractivity contribution is 0.511. The van der Waals surface area contributed by atoms with Gasteiger partial charge in [0.1, 0.15) is 0 Å². The minimum atomic E-state index is -0.916. The number of aromatic nitrogens is 4. The molecule has 2 aromatic heterocycles. The van der Waals surface area contributed by atoms with E-state index in [0.29, 0.717) is 28.6 Å². The maximum absolute atomic E-state index is 15.8. The first-order valence-electron chi connectivity index (χ1n) is 21.2. The monoisotopic (exact) mass is 822 g/mol. The summed E-state index contributed by atoms with van der Waals surface area (Å²) in [5.41, 5.74) is 17.5. The van der Waals surface area contributed by atoms with Crippen molar-refractivity contribution in [2.24, 2.45) is 0 Å². The lowest BCUT2D eigenvalue weighted by Crippen LogP contribution is -2.04. The zero-order valence-corrected chi connectivity index (χ0v) is 36.1. The molecule has 0 aliphatic carbocycles. The Labute approximate surface area is 366 Å². The van der Waals surface area contributed by atoms with Crippen LogP contribution in [0, 0.1) is 53.2 Å². The van der Waals surface area contributed by atoms with Gasteiger partial charge in [0.2, 0.25) is 0 Å². The van der Waals surface area contributed by atoms with Crippen LogP contribution < -0.4 is 0 Å². The van der Waals surface area contributed by atoms with Crippen molar-refractivity contribution in [2.45, 2.75) is 41.5 Å². The molecule has 0 amide bonds. The molecule has 6 heteroatoms. The highest BCUT2D eigenvalue weighted by Gasteiger charge is 2.23. The zero-order chi connectivity index (χ0) is 43.5. The minimum absolute atomic E-state index is 0.144. The van der Waals surface area contributed by atoms with Crippen LogP contribution in [-0.4, -0.2) is 19.5 Å². The summed E-state index contributed by atoms with van der Waals surface area (Å²) in [6.45, 7) is 13.0. The van der Waals surface area contributed by atoms with Gasteiger partial charge in [0.05, 0.1) is 16.7 Å². The fourth-order valence-corrected chi connectivity index (χ4v) is 9.59. The summed E-state index contributed by atoms with van der Waals surface area (Å²) in [4.78, 5) is 15.4. The SMILES string of the molecule is Cc1cc(C)c(-c2ccc3c4ccc(-c5c(C)cc(C)cc5C)cc4n(-c4ccc(-c5cccc(F)c5F)cc4-c4nc(-c5ccccc5)nc(-c5ccccc5)n4)c3c2)c(C)c1. The summed E-state index contributed by atoms with van der Waals surface area (Å²) < 4.78 is 33.0. The minimum Gasteiger partial charge on any atom is -0.308 e. The van der Waals surface area contributed by atoms with E-state index in [1.165, 1.54) is 50.6 Å². The third-order valence-electron chi connectivity index (χ3n) is 12.1. The second-order valence-corrected chi connectivity index (χ2v) is 16.7. The number of hydrogen-bond acceptors (Lipinski definition) is 3. The second kappa shape index (κ2) is 15.7. The fraction of sp³-hybridized carbons (Fsp3) is 0.105. The summed E-state index contributed by atoms with van der Waals surface area (Å²) in [6, 6.07) is 52.1. The lowest BCUT2D eigenvalue weighted by Gasteiger charge is -2.18. The molecule has 4 nitrogen and oxygen atoms in total. The first-order chi connectivity index (χ1) is 30.5. The largest absolute Gasteiger partial charge is 0.308 e. The normalized spacial score (nSPS) is 11.5. The van der Waals surface area contributed by atoms with Crippen molar-refractivity contribution in [1.29, 1.82) is 0 Å². The van der Waals surface area contributed by atoms with Gasteiger partial charge in [-0.05, 0) is 122 Å². The predicted octanol–water partition coefficient (Wildman–Crippen LogP) is 15.1. The molecule has 10 aromatic rings. The van der Waals surface area contributed by atoms with E-state index in [4.69, 9.17) is 15.0 Å². The lowest BCUT2D eigenvalue weighted by atomic mass is 9.92. The van der Waals surface area contributed by atoms with E-state index in [1.54, 1.807) is 6.07 Å². The van der Waals surface area contributed by atoms with Crippen LogP contribution in [-0.2, 0) is 0 Å². The Morgan fingerprint density at radius 2 is 0.841 bits per heavy atom. The van der Waals surface area contributed by atoms with Crippen molar-refractivity contribution in [3.63, 3.8) is 0 Å². The molecule has 8 aromatic carbocycles. The van der Waals surface area contributed by atoms with Crippen LogP contribution in [0.15, 0.2) is 158 Å². The molecule has 0 radical (unpaired) electrons. The highest BCUT2D eigenvalue weighted by atomic mass is 19.2. The van der Waals surface area contributed by atoms with Crippen LogP contribution in [0.5, 0.6) is 0 Å². The number of hydrogen-bond donors (Lipinski definition) is 0. The summed E-state index contributed by atoms with van der Waals surface area (Å²) in [6.07, 6.45) is 0. The van der Waals surface area contributed by atoms with Gasteiger partial charge < -0.3 is 4.57 Å². The first kappa shape index (κ1) is 39.6. The molecule has 306 valence electrons. The van der Waals surface area contributed by atoms with E-state index < -0.39 is 11.6 Å². The Balaban J connectivity index is 1.33. The van der Waals surface area contributed by atoms with Crippen LogP contribution in [0.1, 0.15) is 33.4 Å². The Morgan fingerprint density at radius 1 is 0.381 bits per heavy atom. The number of aryl methyl sites for hydroxylation is 6. The van der Waals surface area contributed by atoms with Crippen molar-refractivity contribution in [3.05, 3.63) is 203 Å². The molecule has 0 fully saturated rings. The molecule has 0 aliphatic heterocycles. The molecule has 0 spiro atoms. The summed E-state index contributed by atoms with van der Waals surface area (Å²) in [5.74, 6) is -0.443. The van der Waals surface area contributed by atoms with Crippen LogP contribution in [0.25, 0.3) is 95.0 Å². The number of nitrogens with zero attached hydrogens (tertiary/aromatic N) is 4. The van der Waals surface area contributed by atoms with Gasteiger partial charge in [-0.1, -0.05) is 139 Å². The Morgan fingerprint density at radius 3 is 1.33 bits per heavy atom. The quantitative estimate of drug-likeness (QED) is 0.161. The van der Waals surface area contributed by atoms with E-state index >= 15 is 4.39 Å². The third-order valence-corrected chi connectivity index (χ3v) is 12.1. The molecule has 0 N–H and O–H groups in total. The van der Waals surface area contributed by atoms with Gasteiger partial charge in [-0.3, -0.25) is 0 Å². The molecule has 0 unspecified atom stereocenters. The molecule has 0 bridgehead atoms. The highest BCUT2D eigenvalue weighted by molar-refractivity contribution is 6.12. The number of rotatable bonds is 7. The van der Waals surface area contributed by atoms with Crippen molar-refractivity contribution < 1.29 is 8.78 Å². The Kier molecular flexibility index (Phi) is 9.87. The third kappa shape index (κ3) is 7.07. The van der Waals surface area contributed by atoms with Gasteiger partial charge in [-0.2, -0.15) is 0 Å². The molecule has 2 heterocycles. The van der Waals surface area contributed by atoms with Crippen molar-refractivity contribution in [3.8, 4) is 73.2 Å². The molecular formula is C57H44F2N4. The summed E-state index contributed by atoms with van der Waals surface area (Å²) in [5, 5.41) is 2.16. The summed E-state index contributed by atoms with van der Waals surface area (Å²) in [7, 11) is 0. The maximum atomic E-state index is 15.8. The van der Waals surface area contributed by atoms with Gasteiger partial charge in [-0.15, -0.1) is 0 Å². The molecule has 0 aliphatic rings. The Hall–Kier alpha value is -7.57. The van der Waals surface area contributed by atoms with Crippen molar-refractivity contribution >= 4 is 21.8 Å². The van der Waals surface area contributed by atoms with Crippen molar-refractivity contribution in [2.75, 3.05) is 0 Å². The van der Waals surface area contributed by atoms with Crippen molar-refractivity contribution in [1.82, 2.24) is 19.5 Å². The van der Waals surface area contributed by atoms with Crippen LogP contribution >= 0.6 is 0 Å². The Bertz CT molecular complexity index is 3210. The number of halogens is 2. The van der Waals surface area contributed by atoms with E-state index in [1.807, 2.05) is 78.9 Å². The average Bonchev–Trinajstić information content (AvgIpc) is 3.59. The topological polar surface area (TPSA) is 43.6 Å². The molecule has 0 saturated heterocycles. The van der Waals surface area contributed by atoms with Crippen LogP contribution in [0.4, 0.5) is 8.78 Å². The van der Waals surface area contributed by atoms with Gasteiger partial charge in [-0.25, -0.2) is 23.7 Å². The highest BCUT2D eigenvalue weighted by Crippen LogP contribution is 2.42. The van der Waals surface area contributed by atoms with E-state index in [2.05, 4.69) is 107 Å². The van der Waals surface area contributed by atoms with Crippen LogP contribution in [0.2, 0.25) is 0 Å². The molecule has 10 rings (SSSR count). The molecule has 0 saturated carbocycles. The average molecular weight is 823 g/mol. The second-order valence-electron chi connectivity index (χ2n) is 16.7. The summed E-state index contributed by atoms with van der Waals surface area (Å²) >= 11 is 0. The van der Waals surface area contributed by atoms with E-state index in [-0.39, 0.29) is 5.56 Å². The first-order valence-corrected chi connectivity index (χ1v) is 21.2. The fourth-order valence-electron chi connectivity index (χ4n) is 9.59. The molecule has 0 atom stereocenters. The van der Waals surface area contributed by atoms with E-state index in [0.717, 1.165) is 55.8 Å². The van der Waals surface area contributed by atoms with Gasteiger partial charge >= 0.3 is 0 Å². The van der Waals surface area contributed by atoms with Crippen LogP contribution in [0.3, 0.4) is 0 Å². The predicted molar refractivity (Wildman–Crippen MR) is 255 cm³/mol. The standard InChI is InChI=1S/C57H44F2N4/c1-33-26-35(3)52(36(4)27-33)42-20-23-45-46-24-21-43(53-37(5)28-34(2)29-38(53)6)32-51(46)63(50(45)31-42)49-25-22-41(44-18-13-19-48(58)54(44)59)30-47(49)57-61-55(39-14-9-7-10-15-39)60-56(62-57)40-16-11-8-12-17-40/h7-32H,1-6H3. The van der Waals surface area contributed by atoms with Gasteiger partial charge in [0, 0.05) is 33.0 Å². The van der Waals surface area contributed by atoms with E-state index in [9.17, 15) is 4.39 Å². The zero-order valence-electron chi connectivity index (χ0n) is 36.1. The molecule has 63 heavy (non-hydrogen) atoms. The maximum Gasteiger partial charge on any atom is 0.166 e. The van der Waals surface area contributed by atoms with Gasteiger partial charge in [0.25, 0.3) is 0 Å². The smallest absolute Gasteiger partial charge is 0.166 e. The number of fused-ring (bicyclic) bond motifs is 3. The number of benzene rings is 8. The molecular weight excluding hydrogens is 779 g/mol.